The first-order valence-corrected chi connectivity index (χ1v) is 9.72. The Bertz CT molecular complexity index is 740. The van der Waals surface area contributed by atoms with Gasteiger partial charge >= 0.3 is 0 Å². The van der Waals surface area contributed by atoms with E-state index in [4.69, 9.17) is 4.42 Å². The number of benzene rings is 1. The maximum atomic E-state index is 12.2. The average Bonchev–Trinajstić information content (AvgIpc) is 3.25. The normalized spacial score (nSPS) is 16.5. The lowest BCUT2D eigenvalue weighted by molar-refractivity contribution is -0.122. The predicted molar refractivity (Wildman–Crippen MR) is 107 cm³/mol. The highest BCUT2D eigenvalue weighted by Gasteiger charge is 2.19. The van der Waals surface area contributed by atoms with Crippen molar-refractivity contribution < 1.29 is 14.0 Å². The van der Waals surface area contributed by atoms with Crippen molar-refractivity contribution in [3.8, 4) is 0 Å². The molecule has 7 heteroatoms. The van der Waals surface area contributed by atoms with Gasteiger partial charge in [0.2, 0.25) is 5.91 Å². The Kier molecular flexibility index (Phi) is 7.22. The molecular formula is C21H28N4O3. The summed E-state index contributed by atoms with van der Waals surface area (Å²) < 4.78 is 5.03. The summed E-state index contributed by atoms with van der Waals surface area (Å²) in [5.74, 6) is -0.377. The van der Waals surface area contributed by atoms with Crippen LogP contribution in [0.3, 0.4) is 0 Å². The smallest absolute Gasteiger partial charge is 0.287 e. The van der Waals surface area contributed by atoms with Crippen LogP contribution in [0.2, 0.25) is 0 Å². The van der Waals surface area contributed by atoms with Crippen LogP contribution in [0.25, 0.3) is 0 Å². The number of rotatable bonds is 8. The summed E-state index contributed by atoms with van der Waals surface area (Å²) in [7, 11) is 0. The Hall–Kier alpha value is -2.64. The lowest BCUT2D eigenvalue weighted by Crippen LogP contribution is -2.50. The standard InChI is InChI=1S/C21H28N4O3/c1-17(23-21(27)19-8-5-15-28-19)20(26)22-9-10-24-11-13-25(14-12-24)16-18-6-3-2-4-7-18/h2-8,15,17H,9-14,16H2,1H3,(H,22,26)(H,23,27). The molecule has 1 atom stereocenters. The van der Waals surface area contributed by atoms with Gasteiger partial charge < -0.3 is 15.1 Å². The van der Waals surface area contributed by atoms with Gasteiger partial charge in [-0.15, -0.1) is 0 Å². The van der Waals surface area contributed by atoms with Gasteiger partial charge in [0.1, 0.15) is 6.04 Å². The number of furan rings is 1. The number of hydrogen-bond donors (Lipinski definition) is 2. The van der Waals surface area contributed by atoms with E-state index >= 15 is 0 Å². The minimum atomic E-state index is -0.611. The fourth-order valence-corrected chi connectivity index (χ4v) is 3.24. The molecule has 2 aromatic rings. The first-order chi connectivity index (χ1) is 13.6. The van der Waals surface area contributed by atoms with E-state index in [9.17, 15) is 9.59 Å². The van der Waals surface area contributed by atoms with Gasteiger partial charge in [-0.05, 0) is 24.6 Å². The lowest BCUT2D eigenvalue weighted by atomic mass is 10.2. The van der Waals surface area contributed by atoms with Crippen LogP contribution < -0.4 is 10.6 Å². The highest BCUT2D eigenvalue weighted by atomic mass is 16.3. The van der Waals surface area contributed by atoms with E-state index in [2.05, 4.69) is 44.7 Å². The molecule has 1 aromatic heterocycles. The van der Waals surface area contributed by atoms with E-state index in [1.165, 1.54) is 11.8 Å². The van der Waals surface area contributed by atoms with Crippen LogP contribution in [0, 0.1) is 0 Å². The van der Waals surface area contributed by atoms with Crippen LogP contribution in [-0.4, -0.2) is 66.9 Å². The van der Waals surface area contributed by atoms with Crippen molar-refractivity contribution >= 4 is 11.8 Å². The van der Waals surface area contributed by atoms with Crippen LogP contribution >= 0.6 is 0 Å². The minimum Gasteiger partial charge on any atom is -0.459 e. The van der Waals surface area contributed by atoms with Crippen molar-refractivity contribution in [3.05, 3.63) is 60.1 Å². The Balaban J connectivity index is 1.31. The summed E-state index contributed by atoms with van der Waals surface area (Å²) in [6.45, 7) is 8.07. The maximum absolute atomic E-state index is 12.2. The topological polar surface area (TPSA) is 77.8 Å². The molecule has 1 aromatic carbocycles. The zero-order chi connectivity index (χ0) is 19.8. The van der Waals surface area contributed by atoms with Gasteiger partial charge in [-0.1, -0.05) is 30.3 Å². The van der Waals surface area contributed by atoms with Crippen molar-refractivity contribution in [3.63, 3.8) is 0 Å². The number of carbonyl (C=O) groups is 2. The second-order valence-electron chi connectivity index (χ2n) is 7.07. The molecule has 1 aliphatic heterocycles. The minimum absolute atomic E-state index is 0.192. The molecule has 0 bridgehead atoms. The van der Waals surface area contributed by atoms with E-state index < -0.39 is 6.04 Å². The molecule has 2 amide bonds. The van der Waals surface area contributed by atoms with Crippen LogP contribution in [0.15, 0.2) is 53.1 Å². The molecule has 2 heterocycles. The first-order valence-electron chi connectivity index (χ1n) is 9.72. The monoisotopic (exact) mass is 384 g/mol. The second-order valence-corrected chi connectivity index (χ2v) is 7.07. The quantitative estimate of drug-likeness (QED) is 0.718. The number of nitrogens with zero attached hydrogens (tertiary/aromatic N) is 2. The molecule has 1 aliphatic rings. The third-order valence-electron chi connectivity index (χ3n) is 4.93. The van der Waals surface area contributed by atoms with Crippen LogP contribution in [0.4, 0.5) is 0 Å². The average molecular weight is 384 g/mol. The Morgan fingerprint density at radius 1 is 1.04 bits per heavy atom. The van der Waals surface area contributed by atoms with Crippen molar-refractivity contribution in [1.82, 2.24) is 20.4 Å². The number of amides is 2. The molecule has 1 fully saturated rings. The SMILES string of the molecule is CC(NC(=O)c1ccco1)C(=O)NCCN1CCN(Cc2ccccc2)CC1. The van der Waals surface area contributed by atoms with Crippen LogP contribution in [-0.2, 0) is 11.3 Å². The predicted octanol–water partition coefficient (Wildman–Crippen LogP) is 1.33. The maximum Gasteiger partial charge on any atom is 0.287 e. The summed E-state index contributed by atoms with van der Waals surface area (Å²) in [5.41, 5.74) is 1.34. The third kappa shape index (κ3) is 5.94. The number of hydrogen-bond acceptors (Lipinski definition) is 5. The molecule has 1 saturated heterocycles. The van der Waals surface area contributed by atoms with E-state index in [0.717, 1.165) is 39.3 Å². The molecule has 7 nitrogen and oxygen atoms in total. The summed E-state index contributed by atoms with van der Waals surface area (Å²) in [6, 6.07) is 13.1. The first kappa shape index (κ1) is 20.1. The molecule has 1 unspecified atom stereocenters. The fraction of sp³-hybridized carbons (Fsp3) is 0.429. The van der Waals surface area contributed by atoms with Crippen LogP contribution in [0.5, 0.6) is 0 Å². The summed E-state index contributed by atoms with van der Waals surface area (Å²) in [5, 5.41) is 5.53. The van der Waals surface area contributed by atoms with Gasteiger partial charge in [0.15, 0.2) is 5.76 Å². The molecule has 3 rings (SSSR count). The molecule has 2 N–H and O–H groups in total. The van der Waals surface area contributed by atoms with E-state index in [1.54, 1.807) is 19.1 Å². The highest BCUT2D eigenvalue weighted by molar-refractivity contribution is 5.95. The summed E-state index contributed by atoms with van der Waals surface area (Å²) >= 11 is 0. The van der Waals surface area contributed by atoms with Gasteiger partial charge in [-0.2, -0.15) is 0 Å². The van der Waals surface area contributed by atoms with Gasteiger partial charge in [0, 0.05) is 45.8 Å². The zero-order valence-corrected chi connectivity index (χ0v) is 16.3. The molecule has 150 valence electrons. The molecular weight excluding hydrogens is 356 g/mol. The largest absolute Gasteiger partial charge is 0.459 e. The number of nitrogens with one attached hydrogen (secondary N) is 2. The van der Waals surface area contributed by atoms with Gasteiger partial charge in [0.25, 0.3) is 5.91 Å². The highest BCUT2D eigenvalue weighted by Crippen LogP contribution is 2.08. The van der Waals surface area contributed by atoms with Crippen molar-refractivity contribution in [2.75, 3.05) is 39.3 Å². The summed E-state index contributed by atoms with van der Waals surface area (Å²) in [4.78, 5) is 28.9. The van der Waals surface area contributed by atoms with Crippen LogP contribution in [0.1, 0.15) is 23.0 Å². The van der Waals surface area contributed by atoms with E-state index in [0.29, 0.717) is 6.54 Å². The Morgan fingerprint density at radius 3 is 2.43 bits per heavy atom. The van der Waals surface area contributed by atoms with Crippen molar-refractivity contribution in [1.29, 1.82) is 0 Å². The van der Waals surface area contributed by atoms with Crippen molar-refractivity contribution in [2.24, 2.45) is 0 Å². The van der Waals surface area contributed by atoms with Gasteiger partial charge in [-0.3, -0.25) is 19.4 Å². The Labute approximate surface area is 165 Å². The lowest BCUT2D eigenvalue weighted by Gasteiger charge is -2.34. The molecule has 0 saturated carbocycles. The fourth-order valence-electron chi connectivity index (χ4n) is 3.24. The van der Waals surface area contributed by atoms with Gasteiger partial charge in [0.05, 0.1) is 6.26 Å². The number of carbonyl (C=O) groups excluding carboxylic acids is 2. The third-order valence-corrected chi connectivity index (χ3v) is 4.93. The Morgan fingerprint density at radius 2 is 1.75 bits per heavy atom. The molecule has 0 radical (unpaired) electrons. The molecule has 28 heavy (non-hydrogen) atoms. The summed E-state index contributed by atoms with van der Waals surface area (Å²) in [6.07, 6.45) is 1.43. The zero-order valence-electron chi connectivity index (χ0n) is 16.3. The van der Waals surface area contributed by atoms with E-state index in [1.807, 2.05) is 6.07 Å². The van der Waals surface area contributed by atoms with Gasteiger partial charge in [-0.25, -0.2) is 0 Å². The van der Waals surface area contributed by atoms with Crippen molar-refractivity contribution in [2.45, 2.75) is 19.5 Å². The molecule has 0 spiro atoms. The second kappa shape index (κ2) is 10.1. The number of piperazine rings is 1. The molecule has 0 aliphatic carbocycles. The van der Waals surface area contributed by atoms with E-state index in [-0.39, 0.29) is 17.6 Å².